The number of fused-ring (bicyclic) bond motifs is 1. The summed E-state index contributed by atoms with van der Waals surface area (Å²) in [5.74, 6) is -1.69. The number of amides is 1. The molecule has 38 heavy (non-hydrogen) atoms. The third kappa shape index (κ3) is 4.23. The number of hydrogen-bond acceptors (Lipinski definition) is 5. The number of nitrogens with zero attached hydrogens (tertiary/aromatic N) is 6. The van der Waals surface area contributed by atoms with Crippen molar-refractivity contribution in [2.75, 3.05) is 6.54 Å². The highest BCUT2D eigenvalue weighted by Gasteiger charge is 2.42. The highest BCUT2D eigenvalue weighted by Crippen LogP contribution is 2.47. The Kier molecular flexibility index (Phi) is 5.77. The van der Waals surface area contributed by atoms with E-state index in [2.05, 4.69) is 18.9 Å². The molecule has 6 rings (SSSR count). The van der Waals surface area contributed by atoms with E-state index in [-0.39, 0.29) is 28.5 Å². The minimum atomic E-state index is -1.10. The maximum Gasteiger partial charge on any atom is 0.338 e. The molecule has 196 valence electrons. The predicted molar refractivity (Wildman–Crippen MR) is 138 cm³/mol. The number of benzene rings is 1. The van der Waals surface area contributed by atoms with Crippen LogP contribution in [0.2, 0.25) is 0 Å². The van der Waals surface area contributed by atoms with Gasteiger partial charge in [0.25, 0.3) is 5.91 Å². The average Bonchev–Trinajstić information content (AvgIpc) is 3.32. The Hall–Kier alpha value is -4.08. The summed E-state index contributed by atoms with van der Waals surface area (Å²) in [6, 6.07) is 8.30. The van der Waals surface area contributed by atoms with E-state index in [1.165, 1.54) is 23.1 Å². The largest absolute Gasteiger partial charge is 0.478 e. The van der Waals surface area contributed by atoms with Gasteiger partial charge < -0.3 is 10.0 Å². The maximum atomic E-state index is 15.3. The van der Waals surface area contributed by atoms with Gasteiger partial charge in [0.1, 0.15) is 11.5 Å². The normalized spacial score (nSPS) is 18.9. The Bertz CT molecular complexity index is 1570. The molecule has 0 bridgehead atoms. The van der Waals surface area contributed by atoms with E-state index in [1.807, 2.05) is 11.0 Å². The number of hydrogen-bond donors (Lipinski definition) is 1. The number of rotatable bonds is 5. The molecule has 1 aliphatic heterocycles. The van der Waals surface area contributed by atoms with E-state index in [0.29, 0.717) is 22.7 Å². The average molecular weight is 517 g/mol. The van der Waals surface area contributed by atoms with E-state index in [4.69, 9.17) is 15.2 Å². The fourth-order valence-corrected chi connectivity index (χ4v) is 5.24. The van der Waals surface area contributed by atoms with E-state index < -0.39 is 11.8 Å². The minimum Gasteiger partial charge on any atom is -0.478 e. The lowest BCUT2D eigenvalue weighted by Gasteiger charge is -2.27. The molecule has 1 atom stereocenters. The van der Waals surface area contributed by atoms with Crippen LogP contribution < -0.4 is 0 Å². The molecule has 1 amide bonds. The van der Waals surface area contributed by atoms with Crippen LogP contribution in [-0.2, 0) is 5.41 Å². The Morgan fingerprint density at radius 1 is 1.13 bits per heavy atom. The van der Waals surface area contributed by atoms with Gasteiger partial charge in [0.05, 0.1) is 28.8 Å². The van der Waals surface area contributed by atoms with Gasteiger partial charge in [0, 0.05) is 41.9 Å². The van der Waals surface area contributed by atoms with Crippen molar-refractivity contribution in [3.63, 3.8) is 0 Å². The quantitative estimate of drug-likeness (QED) is 0.406. The van der Waals surface area contributed by atoms with Gasteiger partial charge in [-0.15, -0.1) is 0 Å². The van der Waals surface area contributed by atoms with Crippen LogP contribution in [0.5, 0.6) is 0 Å². The molecule has 1 N–H and O–H groups in total. The molecule has 0 radical (unpaired) electrons. The zero-order valence-corrected chi connectivity index (χ0v) is 21.4. The first-order chi connectivity index (χ1) is 18.2. The van der Waals surface area contributed by atoms with E-state index in [0.717, 1.165) is 50.8 Å². The summed E-state index contributed by atoms with van der Waals surface area (Å²) in [6.07, 6.45) is 8.75. The van der Waals surface area contributed by atoms with Gasteiger partial charge in [0.15, 0.2) is 5.65 Å². The first-order valence-electron chi connectivity index (χ1n) is 13.0. The molecule has 1 saturated carbocycles. The number of carboxylic acid groups (broad SMARTS) is 1. The standard InChI is InChI=1S/C28H29FN6O3/c1-17-6-4-3-5-11-33(17)26(36)23-13-24(28(2)9-10-28)35-25(31-23)14-22(32-35)20-8-7-19(12-21(20)29)34-16-18(15-30-34)27(37)38/h7-8,12-17H,3-6,9-11H2,1-2H3,(H,37,38)/t17-/m1/s1. The van der Waals surface area contributed by atoms with Crippen molar-refractivity contribution in [1.82, 2.24) is 29.3 Å². The van der Waals surface area contributed by atoms with Crippen molar-refractivity contribution in [1.29, 1.82) is 0 Å². The summed E-state index contributed by atoms with van der Waals surface area (Å²) in [4.78, 5) is 31.4. The van der Waals surface area contributed by atoms with Crippen LogP contribution in [0.3, 0.4) is 0 Å². The lowest BCUT2D eigenvalue weighted by atomic mass is 10.0. The highest BCUT2D eigenvalue weighted by atomic mass is 19.1. The van der Waals surface area contributed by atoms with Crippen LogP contribution in [-0.4, -0.2) is 58.8 Å². The second-order valence-corrected chi connectivity index (χ2v) is 10.7. The third-order valence-electron chi connectivity index (χ3n) is 7.90. The van der Waals surface area contributed by atoms with Crippen molar-refractivity contribution < 1.29 is 19.1 Å². The van der Waals surface area contributed by atoms with Gasteiger partial charge in [-0.2, -0.15) is 10.2 Å². The summed E-state index contributed by atoms with van der Waals surface area (Å²) in [5.41, 5.74) is 2.83. The maximum absolute atomic E-state index is 15.3. The molecule has 9 nitrogen and oxygen atoms in total. The Labute approximate surface area is 218 Å². The van der Waals surface area contributed by atoms with Gasteiger partial charge in [-0.25, -0.2) is 23.4 Å². The fraction of sp³-hybridized carbons (Fsp3) is 0.393. The number of carbonyl (C=O) groups is 2. The summed E-state index contributed by atoms with van der Waals surface area (Å²) in [7, 11) is 0. The Balaban J connectivity index is 1.39. The lowest BCUT2D eigenvalue weighted by molar-refractivity contribution is 0.0684. The zero-order chi connectivity index (χ0) is 26.6. The number of aromatic carboxylic acids is 1. The monoisotopic (exact) mass is 516 g/mol. The molecule has 1 saturated heterocycles. The van der Waals surface area contributed by atoms with Gasteiger partial charge in [-0.05, 0) is 50.8 Å². The van der Waals surface area contributed by atoms with Crippen LogP contribution in [0.15, 0.2) is 42.7 Å². The smallest absolute Gasteiger partial charge is 0.338 e. The Morgan fingerprint density at radius 3 is 2.66 bits per heavy atom. The molecule has 4 heterocycles. The molecule has 2 fully saturated rings. The molecule has 1 aromatic carbocycles. The molecule has 0 spiro atoms. The van der Waals surface area contributed by atoms with Gasteiger partial charge in [-0.3, -0.25) is 4.79 Å². The van der Waals surface area contributed by atoms with Crippen LogP contribution >= 0.6 is 0 Å². The molecule has 0 unspecified atom stereocenters. The van der Waals surface area contributed by atoms with Crippen molar-refractivity contribution in [2.45, 2.75) is 63.8 Å². The predicted octanol–water partition coefficient (Wildman–Crippen LogP) is 4.88. The van der Waals surface area contributed by atoms with Gasteiger partial charge >= 0.3 is 5.97 Å². The number of carboxylic acids is 1. The van der Waals surface area contributed by atoms with E-state index in [1.54, 1.807) is 22.7 Å². The SMILES string of the molecule is C[C@@H]1CCCCCN1C(=O)c1cc(C2(C)CC2)n2nc(-c3ccc(-n4cc(C(=O)O)cn4)cc3F)cc2n1. The van der Waals surface area contributed by atoms with Crippen LogP contribution in [0.4, 0.5) is 4.39 Å². The molecule has 1 aliphatic carbocycles. The second-order valence-electron chi connectivity index (χ2n) is 10.7. The summed E-state index contributed by atoms with van der Waals surface area (Å²) in [6.45, 7) is 4.97. The van der Waals surface area contributed by atoms with Gasteiger partial charge in [0.2, 0.25) is 0 Å². The van der Waals surface area contributed by atoms with Crippen molar-refractivity contribution in [2.24, 2.45) is 0 Å². The zero-order valence-electron chi connectivity index (χ0n) is 21.4. The van der Waals surface area contributed by atoms with Crippen molar-refractivity contribution in [3.05, 3.63) is 65.5 Å². The van der Waals surface area contributed by atoms with E-state index >= 15 is 4.39 Å². The van der Waals surface area contributed by atoms with Crippen LogP contribution in [0.25, 0.3) is 22.6 Å². The fourth-order valence-electron chi connectivity index (χ4n) is 5.24. The highest BCUT2D eigenvalue weighted by molar-refractivity contribution is 5.93. The molecule has 3 aromatic heterocycles. The second kappa shape index (κ2) is 9.04. The molecular weight excluding hydrogens is 487 g/mol. The van der Waals surface area contributed by atoms with Crippen LogP contribution in [0.1, 0.15) is 78.9 Å². The first kappa shape index (κ1) is 24.3. The van der Waals surface area contributed by atoms with Crippen molar-refractivity contribution >= 4 is 17.5 Å². The van der Waals surface area contributed by atoms with Gasteiger partial charge in [-0.1, -0.05) is 19.8 Å². The summed E-state index contributed by atoms with van der Waals surface area (Å²) in [5, 5.41) is 17.9. The number of aromatic nitrogens is 5. The first-order valence-corrected chi connectivity index (χ1v) is 13.0. The summed E-state index contributed by atoms with van der Waals surface area (Å²) < 4.78 is 18.4. The number of halogens is 1. The number of carbonyl (C=O) groups excluding carboxylic acids is 1. The summed E-state index contributed by atoms with van der Waals surface area (Å²) >= 11 is 0. The van der Waals surface area contributed by atoms with Crippen LogP contribution in [0, 0.1) is 5.82 Å². The number of likely N-dealkylation sites (tertiary alicyclic amines) is 1. The molecular formula is C28H29FN6O3. The Morgan fingerprint density at radius 2 is 1.95 bits per heavy atom. The molecule has 10 heteroatoms. The lowest BCUT2D eigenvalue weighted by Crippen LogP contribution is -2.39. The third-order valence-corrected chi connectivity index (χ3v) is 7.90. The minimum absolute atomic E-state index is 0.0157. The van der Waals surface area contributed by atoms with E-state index in [9.17, 15) is 9.59 Å². The molecule has 4 aromatic rings. The topological polar surface area (TPSA) is 106 Å². The molecule has 2 aliphatic rings. The van der Waals surface area contributed by atoms with Crippen molar-refractivity contribution in [3.8, 4) is 16.9 Å².